The van der Waals surface area contributed by atoms with Crippen LogP contribution in [-0.4, -0.2) is 70.7 Å². The van der Waals surface area contributed by atoms with Crippen molar-refractivity contribution in [3.63, 3.8) is 0 Å². The largest absolute Gasteiger partial charge is 0.481 e. The summed E-state index contributed by atoms with van der Waals surface area (Å²) in [6.07, 6.45) is 13.0. The number of unbranched alkanes of at least 4 members (excludes halogenated alkanes) is 1. The highest BCUT2D eigenvalue weighted by atomic mass is 16.4. The molecule has 6 nitrogen and oxygen atoms in total. The molecule has 0 radical (unpaired) electrons. The third-order valence-electron chi connectivity index (χ3n) is 16.2. The predicted molar refractivity (Wildman–Crippen MR) is 179 cm³/mol. The third-order valence-corrected chi connectivity index (χ3v) is 16.2. The first-order chi connectivity index (χ1) is 21.1. The molecule has 6 heteroatoms. The molecule has 1 saturated heterocycles. The Hall–Kier alpha value is -1.40. The van der Waals surface area contributed by atoms with Crippen LogP contribution < -0.4 is 0 Å². The molecule has 6 aliphatic rings. The summed E-state index contributed by atoms with van der Waals surface area (Å²) in [6.45, 7) is 23.7. The summed E-state index contributed by atoms with van der Waals surface area (Å²) in [5, 5.41) is 20.0. The number of aliphatic hydroxyl groups excluding tert-OH is 1. The number of allylic oxidation sites excluding steroid dienone is 1. The number of carboxylic acids is 1. The van der Waals surface area contributed by atoms with E-state index in [-0.39, 0.29) is 39.6 Å². The number of rotatable bonds is 7. The van der Waals surface area contributed by atoms with E-state index in [1.165, 1.54) is 31.3 Å². The van der Waals surface area contributed by atoms with Crippen LogP contribution in [0, 0.1) is 56.7 Å². The predicted octanol–water partition coefficient (Wildman–Crippen LogP) is 7.40. The van der Waals surface area contributed by atoms with Gasteiger partial charge in [-0.1, -0.05) is 46.8 Å². The summed E-state index contributed by atoms with van der Waals surface area (Å²) in [4.78, 5) is 30.4. The highest BCUT2D eigenvalue weighted by Gasteiger charge is 2.72. The molecule has 45 heavy (non-hydrogen) atoms. The van der Waals surface area contributed by atoms with Crippen LogP contribution in [0.2, 0.25) is 0 Å². The zero-order valence-electron chi connectivity index (χ0n) is 29.5. The highest BCUT2D eigenvalue weighted by Crippen LogP contribution is 2.77. The summed E-state index contributed by atoms with van der Waals surface area (Å²) in [5.41, 5.74) is 1.74. The van der Waals surface area contributed by atoms with Crippen molar-refractivity contribution in [2.75, 3.05) is 32.7 Å². The van der Waals surface area contributed by atoms with Crippen molar-refractivity contribution in [1.82, 2.24) is 9.80 Å². The maximum absolute atomic E-state index is 14.8. The van der Waals surface area contributed by atoms with E-state index in [2.05, 4.69) is 57.9 Å². The number of fused-ring (bicyclic) bond motifs is 7. The molecule has 1 heterocycles. The number of carbonyl (C=O) groups excluding carboxylic acids is 1. The molecular weight excluding hydrogens is 560 g/mol. The Kier molecular flexibility index (Phi) is 8.66. The highest BCUT2D eigenvalue weighted by molar-refractivity contribution is 5.84. The first kappa shape index (κ1) is 33.5. The van der Waals surface area contributed by atoms with Gasteiger partial charge < -0.3 is 15.1 Å². The lowest BCUT2D eigenvalue weighted by Gasteiger charge is -2.73. The summed E-state index contributed by atoms with van der Waals surface area (Å²) in [6, 6.07) is 0. The van der Waals surface area contributed by atoms with Gasteiger partial charge in [0.15, 0.2) is 0 Å². The van der Waals surface area contributed by atoms with Crippen molar-refractivity contribution in [1.29, 1.82) is 0 Å². The maximum atomic E-state index is 14.8. The Balaban J connectivity index is 1.23. The quantitative estimate of drug-likeness (QED) is 0.228. The number of amides is 1. The molecule has 0 spiro atoms. The lowest BCUT2D eigenvalue weighted by molar-refractivity contribution is -0.247. The van der Waals surface area contributed by atoms with E-state index in [0.717, 1.165) is 84.1 Å². The Morgan fingerprint density at radius 1 is 0.800 bits per heavy atom. The average Bonchev–Trinajstić information content (AvgIpc) is 3.39. The SMILES string of the molecule is C=C(C)[C@@H]1CC[C@]2(C(=O)N3CCN(CCCCC(=O)O)CC3)CC[C@]3(C)[C@H](CC[C@@H]4[C@@]5(C)CC[C@H](O)C(C)(C)[C@@H]5CC[C@]43C)[C@@H]12. The zero-order chi connectivity index (χ0) is 32.6. The Bertz CT molecular complexity index is 1180. The van der Waals surface area contributed by atoms with Gasteiger partial charge in [0.2, 0.25) is 5.91 Å². The van der Waals surface area contributed by atoms with Crippen molar-refractivity contribution >= 4 is 11.9 Å². The Morgan fingerprint density at radius 3 is 2.18 bits per heavy atom. The van der Waals surface area contributed by atoms with Gasteiger partial charge in [0.25, 0.3) is 0 Å². The number of carbonyl (C=O) groups is 2. The van der Waals surface area contributed by atoms with Crippen molar-refractivity contribution in [2.24, 2.45) is 56.7 Å². The molecule has 5 aliphatic carbocycles. The van der Waals surface area contributed by atoms with Crippen LogP contribution in [0.15, 0.2) is 12.2 Å². The van der Waals surface area contributed by atoms with E-state index in [1.54, 1.807) is 0 Å². The van der Waals surface area contributed by atoms with E-state index in [9.17, 15) is 14.7 Å². The summed E-state index contributed by atoms with van der Waals surface area (Å²) >= 11 is 0. The molecule has 0 bridgehead atoms. The molecule has 0 aromatic heterocycles. The van der Waals surface area contributed by atoms with Crippen LogP contribution >= 0.6 is 0 Å². The number of carboxylic acid groups (broad SMARTS) is 1. The van der Waals surface area contributed by atoms with E-state index in [0.29, 0.717) is 35.5 Å². The molecule has 254 valence electrons. The number of piperazine rings is 1. The molecule has 6 rings (SSSR count). The minimum Gasteiger partial charge on any atom is -0.481 e. The monoisotopic (exact) mass is 624 g/mol. The summed E-state index contributed by atoms with van der Waals surface area (Å²) < 4.78 is 0. The van der Waals surface area contributed by atoms with Gasteiger partial charge in [0.05, 0.1) is 11.5 Å². The fraction of sp³-hybridized carbons (Fsp3) is 0.897. The second-order valence-corrected chi connectivity index (χ2v) is 18.2. The molecule has 10 atom stereocenters. The van der Waals surface area contributed by atoms with Gasteiger partial charge in [-0.2, -0.15) is 0 Å². The first-order valence-electron chi connectivity index (χ1n) is 18.7. The number of hydrogen-bond acceptors (Lipinski definition) is 4. The molecule has 6 fully saturated rings. The standard InChI is InChI=1S/C39H64N2O4/c1-26(2)27-13-18-39(34(45)41-24-22-40(23-25-41)21-9-8-10-32(43)44)20-19-37(6)28(33(27)39)11-12-30-36(5)16-15-31(42)35(3,4)29(36)14-17-38(30,37)7/h27-31,33,42H,1,8-25H2,2-7H3,(H,43,44)/t27-,28+,29-,30+,31-,33+,36-,37+,38+,39-/m0/s1. The molecule has 0 aromatic carbocycles. The molecular formula is C39H64N2O4. The molecule has 5 saturated carbocycles. The van der Waals surface area contributed by atoms with Gasteiger partial charge in [-0.05, 0) is 142 Å². The van der Waals surface area contributed by atoms with Gasteiger partial charge >= 0.3 is 5.97 Å². The molecule has 2 N–H and O–H groups in total. The average molecular weight is 625 g/mol. The fourth-order valence-corrected chi connectivity index (χ4v) is 13.6. The van der Waals surface area contributed by atoms with Crippen LogP contribution in [0.5, 0.6) is 0 Å². The molecule has 1 amide bonds. The molecule has 0 aromatic rings. The second-order valence-electron chi connectivity index (χ2n) is 18.2. The lowest BCUT2D eigenvalue weighted by Crippen LogP contribution is -2.67. The number of aliphatic hydroxyl groups is 1. The lowest BCUT2D eigenvalue weighted by atomic mass is 9.32. The summed E-state index contributed by atoms with van der Waals surface area (Å²) in [7, 11) is 0. The molecule has 1 aliphatic heterocycles. The van der Waals surface area contributed by atoms with Crippen LogP contribution in [0.1, 0.15) is 125 Å². The van der Waals surface area contributed by atoms with Crippen molar-refractivity contribution in [2.45, 2.75) is 131 Å². The van der Waals surface area contributed by atoms with Crippen molar-refractivity contribution in [3.8, 4) is 0 Å². The van der Waals surface area contributed by atoms with E-state index < -0.39 is 5.97 Å². The Labute approximate surface area is 273 Å². The zero-order valence-corrected chi connectivity index (χ0v) is 29.5. The van der Waals surface area contributed by atoms with Crippen molar-refractivity contribution < 1.29 is 19.8 Å². The Morgan fingerprint density at radius 2 is 1.51 bits per heavy atom. The smallest absolute Gasteiger partial charge is 0.303 e. The van der Waals surface area contributed by atoms with Crippen molar-refractivity contribution in [3.05, 3.63) is 12.2 Å². The minimum atomic E-state index is -0.713. The third kappa shape index (κ3) is 4.99. The normalized spacial score (nSPS) is 46.0. The first-order valence-corrected chi connectivity index (χ1v) is 18.7. The summed E-state index contributed by atoms with van der Waals surface area (Å²) in [5.74, 6) is 2.35. The minimum absolute atomic E-state index is 0.0286. The van der Waals surface area contributed by atoms with Gasteiger partial charge in [0.1, 0.15) is 0 Å². The molecule has 0 unspecified atom stereocenters. The van der Waals surface area contributed by atoms with E-state index in [4.69, 9.17) is 5.11 Å². The van der Waals surface area contributed by atoms with Gasteiger partial charge in [0, 0.05) is 32.6 Å². The van der Waals surface area contributed by atoms with Gasteiger partial charge in [-0.25, -0.2) is 0 Å². The van der Waals surface area contributed by atoms with Gasteiger partial charge in [-0.3, -0.25) is 14.5 Å². The fourth-order valence-electron chi connectivity index (χ4n) is 13.6. The topological polar surface area (TPSA) is 81.1 Å². The van der Waals surface area contributed by atoms with Crippen LogP contribution in [0.4, 0.5) is 0 Å². The van der Waals surface area contributed by atoms with Gasteiger partial charge in [-0.15, -0.1) is 0 Å². The second kappa shape index (κ2) is 11.6. The van der Waals surface area contributed by atoms with Crippen LogP contribution in [-0.2, 0) is 9.59 Å². The number of nitrogens with zero attached hydrogens (tertiary/aromatic N) is 2. The number of aliphatic carboxylic acids is 1. The van der Waals surface area contributed by atoms with E-state index >= 15 is 0 Å². The van der Waals surface area contributed by atoms with Crippen LogP contribution in [0.25, 0.3) is 0 Å². The van der Waals surface area contributed by atoms with Crippen LogP contribution in [0.3, 0.4) is 0 Å². The van der Waals surface area contributed by atoms with E-state index in [1.807, 2.05) is 0 Å². The maximum Gasteiger partial charge on any atom is 0.303 e. The number of hydrogen-bond donors (Lipinski definition) is 2.